The molecule has 2 heterocycles. The second kappa shape index (κ2) is 9.11. The van der Waals surface area contributed by atoms with Crippen molar-refractivity contribution in [3.63, 3.8) is 0 Å². The van der Waals surface area contributed by atoms with E-state index in [4.69, 9.17) is 4.74 Å². The first-order valence-corrected chi connectivity index (χ1v) is 10.8. The predicted octanol–water partition coefficient (Wildman–Crippen LogP) is 3.06. The molecule has 0 aliphatic rings. The van der Waals surface area contributed by atoms with Crippen LogP contribution in [0, 0.1) is 0 Å². The van der Waals surface area contributed by atoms with E-state index in [0.29, 0.717) is 43.7 Å². The number of carbonyl (C=O) groups is 1. The second-order valence-electron chi connectivity index (χ2n) is 6.95. The number of phenolic OH excluding ortho intramolecular Hbond substituents is 1. The molecular weight excluding hydrogens is 470 g/mol. The maximum Gasteiger partial charge on any atom is 0.341 e. The summed E-state index contributed by atoms with van der Waals surface area (Å²) in [5.74, 6) is -0.504. The van der Waals surface area contributed by atoms with Crippen molar-refractivity contribution in [2.45, 2.75) is 13.5 Å². The zero-order valence-electron chi connectivity index (χ0n) is 17.1. The summed E-state index contributed by atoms with van der Waals surface area (Å²) in [7, 11) is 5.53. The average molecular weight is 492 g/mol. The van der Waals surface area contributed by atoms with Crippen LogP contribution in [0.3, 0.4) is 0 Å². The molecule has 3 rings (SSSR count). The minimum atomic E-state index is -0.553. The number of pyridine rings is 1. The van der Waals surface area contributed by atoms with Crippen LogP contribution in [-0.2, 0) is 29.6 Å². The Bertz CT molecular complexity index is 1170. The number of hydrogen-bond acceptors (Lipinski definition) is 6. The number of fused-ring (bicyclic) bond motifs is 1. The van der Waals surface area contributed by atoms with Crippen molar-refractivity contribution in [2.24, 2.45) is 7.05 Å². The molecule has 158 valence electrons. The predicted molar refractivity (Wildman–Crippen MR) is 121 cm³/mol. The Morgan fingerprint density at radius 3 is 2.67 bits per heavy atom. The molecule has 0 saturated carbocycles. The summed E-state index contributed by atoms with van der Waals surface area (Å²) >= 11 is 3.68. The highest BCUT2D eigenvalue weighted by Crippen LogP contribution is 2.40. The topological polar surface area (TPSA) is 84.7 Å². The van der Waals surface area contributed by atoms with Crippen LogP contribution < -0.4 is 0 Å². The SMILES string of the molecule is CCOC(=O)c1c(C(=S=O)c2ccccn2)n(C)c2cc(Br)c(O)c(CN(C)C)c12. The van der Waals surface area contributed by atoms with Crippen LogP contribution in [0.15, 0.2) is 34.9 Å². The van der Waals surface area contributed by atoms with Crippen LogP contribution in [0.5, 0.6) is 5.75 Å². The molecule has 0 spiro atoms. The Morgan fingerprint density at radius 2 is 2.10 bits per heavy atom. The molecule has 2 aromatic heterocycles. The Kier molecular flexibility index (Phi) is 6.74. The number of carbonyl (C=O) groups excluding carboxylic acids is 1. The summed E-state index contributed by atoms with van der Waals surface area (Å²) in [5.41, 5.74) is 2.40. The van der Waals surface area contributed by atoms with Gasteiger partial charge in [0, 0.05) is 30.7 Å². The first-order valence-electron chi connectivity index (χ1n) is 9.24. The summed E-state index contributed by atoms with van der Waals surface area (Å²) in [5, 5.41) is 11.3. The maximum atomic E-state index is 13.1. The molecule has 0 unspecified atom stereocenters. The standard InChI is InChI=1S/C21H22BrN3O4S/c1-5-29-21(27)17-16-12(11-24(2)3)19(26)13(22)10-15(16)25(4)18(17)20(30-28)14-8-6-7-9-23-14/h6-10,26H,5,11H2,1-4H3. The molecule has 9 heteroatoms. The van der Waals surface area contributed by atoms with Gasteiger partial charge in [0.25, 0.3) is 0 Å². The normalized spacial score (nSPS) is 11.1. The number of rotatable bonds is 6. The summed E-state index contributed by atoms with van der Waals surface area (Å²) < 4.78 is 19.8. The fourth-order valence-electron chi connectivity index (χ4n) is 3.47. The van der Waals surface area contributed by atoms with E-state index in [1.165, 1.54) is 0 Å². The summed E-state index contributed by atoms with van der Waals surface area (Å²) in [6.45, 7) is 2.30. The molecule has 30 heavy (non-hydrogen) atoms. The molecule has 0 aliphatic carbocycles. The van der Waals surface area contributed by atoms with Crippen LogP contribution in [0.1, 0.15) is 34.2 Å². The van der Waals surface area contributed by atoms with E-state index in [9.17, 15) is 14.1 Å². The number of hydrogen-bond donors (Lipinski definition) is 1. The minimum Gasteiger partial charge on any atom is -0.506 e. The Labute approximate surface area is 186 Å². The van der Waals surface area contributed by atoms with Gasteiger partial charge in [-0.25, -0.2) is 9.00 Å². The molecule has 0 amide bonds. The van der Waals surface area contributed by atoms with Crippen molar-refractivity contribution in [3.05, 3.63) is 57.4 Å². The lowest BCUT2D eigenvalue weighted by Gasteiger charge is -2.15. The van der Waals surface area contributed by atoms with E-state index in [1.54, 1.807) is 49.0 Å². The maximum absolute atomic E-state index is 13.1. The van der Waals surface area contributed by atoms with E-state index in [-0.39, 0.29) is 29.2 Å². The van der Waals surface area contributed by atoms with E-state index in [2.05, 4.69) is 20.9 Å². The van der Waals surface area contributed by atoms with Gasteiger partial charge in [-0.3, -0.25) is 4.98 Å². The smallest absolute Gasteiger partial charge is 0.341 e. The van der Waals surface area contributed by atoms with Gasteiger partial charge in [-0.15, -0.1) is 0 Å². The molecule has 1 aromatic carbocycles. The Morgan fingerprint density at radius 1 is 1.37 bits per heavy atom. The van der Waals surface area contributed by atoms with Crippen molar-refractivity contribution in [2.75, 3.05) is 20.7 Å². The van der Waals surface area contributed by atoms with Gasteiger partial charge < -0.3 is 19.3 Å². The van der Waals surface area contributed by atoms with Gasteiger partial charge in [0.2, 0.25) is 0 Å². The monoisotopic (exact) mass is 491 g/mol. The summed E-state index contributed by atoms with van der Waals surface area (Å²) in [6.07, 6.45) is 1.60. The van der Waals surface area contributed by atoms with Gasteiger partial charge >= 0.3 is 5.97 Å². The molecule has 0 saturated heterocycles. The van der Waals surface area contributed by atoms with Crippen LogP contribution in [-0.4, -0.2) is 55.3 Å². The molecule has 0 atom stereocenters. The lowest BCUT2D eigenvalue weighted by atomic mass is 10.0. The highest BCUT2D eigenvalue weighted by atomic mass is 79.9. The van der Waals surface area contributed by atoms with Gasteiger partial charge in [-0.1, -0.05) is 6.07 Å². The number of nitrogens with zero attached hydrogens (tertiary/aromatic N) is 3. The van der Waals surface area contributed by atoms with Gasteiger partial charge in [-0.2, -0.15) is 0 Å². The van der Waals surface area contributed by atoms with Crippen LogP contribution in [0.4, 0.5) is 0 Å². The molecule has 1 N–H and O–H groups in total. The van der Waals surface area contributed by atoms with Crippen molar-refractivity contribution in [1.82, 2.24) is 14.5 Å². The van der Waals surface area contributed by atoms with Gasteiger partial charge in [0.1, 0.15) is 21.9 Å². The molecule has 0 aliphatic heterocycles. The number of esters is 1. The Balaban J connectivity index is 2.49. The van der Waals surface area contributed by atoms with Crippen molar-refractivity contribution in [1.29, 1.82) is 0 Å². The van der Waals surface area contributed by atoms with Crippen molar-refractivity contribution >= 4 is 48.9 Å². The fourth-order valence-corrected chi connectivity index (χ4v) is 4.45. The number of aromatic hydroxyl groups is 1. The molecule has 0 fully saturated rings. The highest BCUT2D eigenvalue weighted by molar-refractivity contribution is 9.10. The van der Waals surface area contributed by atoms with Gasteiger partial charge in [-0.05, 0) is 55.1 Å². The largest absolute Gasteiger partial charge is 0.506 e. The number of aryl methyl sites for hydroxylation is 1. The third kappa shape index (κ3) is 3.92. The van der Waals surface area contributed by atoms with E-state index in [1.807, 2.05) is 19.0 Å². The van der Waals surface area contributed by atoms with Crippen LogP contribution in [0.25, 0.3) is 10.9 Å². The highest BCUT2D eigenvalue weighted by Gasteiger charge is 2.30. The van der Waals surface area contributed by atoms with E-state index >= 15 is 0 Å². The van der Waals surface area contributed by atoms with Gasteiger partial charge in [0.05, 0.1) is 33.5 Å². The lowest BCUT2D eigenvalue weighted by molar-refractivity contribution is 0.0528. The fraction of sp³-hybridized carbons (Fsp3) is 0.286. The third-order valence-electron chi connectivity index (χ3n) is 4.67. The summed E-state index contributed by atoms with van der Waals surface area (Å²) in [4.78, 5) is 19.6. The quantitative estimate of drug-likeness (QED) is 0.324. The van der Waals surface area contributed by atoms with Gasteiger partial charge in [0.15, 0.2) is 0 Å². The first-order chi connectivity index (χ1) is 14.3. The zero-order chi connectivity index (χ0) is 22.0. The number of ether oxygens (including phenoxy) is 1. The van der Waals surface area contributed by atoms with Crippen molar-refractivity contribution in [3.8, 4) is 5.75 Å². The number of halogens is 1. The zero-order valence-corrected chi connectivity index (χ0v) is 19.5. The molecular formula is C21H22BrN3O4S. The number of benzene rings is 1. The van der Waals surface area contributed by atoms with Crippen molar-refractivity contribution < 1.29 is 18.8 Å². The lowest BCUT2D eigenvalue weighted by Crippen LogP contribution is -2.17. The third-order valence-corrected chi connectivity index (χ3v) is 5.84. The van der Waals surface area contributed by atoms with Crippen LogP contribution in [0.2, 0.25) is 0 Å². The molecule has 7 nitrogen and oxygen atoms in total. The number of aromatic nitrogens is 2. The molecule has 3 aromatic rings. The molecule has 0 bridgehead atoms. The summed E-state index contributed by atoms with van der Waals surface area (Å²) in [6, 6.07) is 7.00. The first kappa shape index (κ1) is 22.2. The molecule has 0 radical (unpaired) electrons. The van der Waals surface area contributed by atoms with E-state index < -0.39 is 5.97 Å². The average Bonchev–Trinajstić information content (AvgIpc) is 2.99. The van der Waals surface area contributed by atoms with Crippen LogP contribution >= 0.6 is 15.9 Å². The Hall–Kier alpha value is -2.49. The number of phenols is 1. The second-order valence-corrected chi connectivity index (χ2v) is 8.38. The van der Waals surface area contributed by atoms with E-state index in [0.717, 1.165) is 0 Å². The minimum absolute atomic E-state index is 0.0491.